The van der Waals surface area contributed by atoms with Crippen LogP contribution >= 0.6 is 0 Å². The van der Waals surface area contributed by atoms with Crippen LogP contribution in [0.5, 0.6) is 0 Å². The van der Waals surface area contributed by atoms with Crippen LogP contribution < -0.4 is 11.1 Å². The first-order valence-corrected chi connectivity index (χ1v) is 5.40. The van der Waals surface area contributed by atoms with Crippen molar-refractivity contribution in [2.24, 2.45) is 0 Å². The second-order valence-corrected chi connectivity index (χ2v) is 3.86. The van der Waals surface area contributed by atoms with Gasteiger partial charge in [0.25, 0.3) is 5.91 Å². The van der Waals surface area contributed by atoms with Crippen molar-refractivity contribution in [1.82, 2.24) is 15.0 Å². The Balaban J connectivity index is 2.24. The number of nitrogens with one attached hydrogen (secondary N) is 1. The van der Waals surface area contributed by atoms with E-state index in [-0.39, 0.29) is 11.5 Å². The minimum Gasteiger partial charge on any atom is -0.382 e. The molecule has 0 saturated carbocycles. The van der Waals surface area contributed by atoms with Crippen LogP contribution in [0.25, 0.3) is 0 Å². The SMILES string of the molecule is Cc1cccc(NC(=O)c2nc(C)cnc2N)n1. The molecule has 0 aliphatic carbocycles. The molecule has 0 radical (unpaired) electrons. The van der Waals surface area contributed by atoms with E-state index in [0.29, 0.717) is 11.5 Å². The van der Waals surface area contributed by atoms with Crippen LogP contribution in [0, 0.1) is 13.8 Å². The summed E-state index contributed by atoms with van der Waals surface area (Å²) in [5, 5.41) is 2.63. The molecule has 3 N–H and O–H groups in total. The Hall–Kier alpha value is -2.50. The van der Waals surface area contributed by atoms with Gasteiger partial charge in [-0.25, -0.2) is 15.0 Å². The zero-order valence-corrected chi connectivity index (χ0v) is 10.1. The molecular weight excluding hydrogens is 230 g/mol. The molecule has 92 valence electrons. The highest BCUT2D eigenvalue weighted by Crippen LogP contribution is 2.10. The molecule has 0 saturated heterocycles. The van der Waals surface area contributed by atoms with Crippen LogP contribution in [0.3, 0.4) is 0 Å². The number of hydrogen-bond acceptors (Lipinski definition) is 5. The molecule has 0 unspecified atom stereocenters. The van der Waals surface area contributed by atoms with E-state index in [1.807, 2.05) is 19.1 Å². The Bertz CT molecular complexity index is 597. The number of carbonyl (C=O) groups is 1. The molecule has 0 aliphatic heterocycles. The Labute approximate surface area is 104 Å². The van der Waals surface area contributed by atoms with Gasteiger partial charge in [-0.05, 0) is 26.0 Å². The molecule has 2 aromatic rings. The van der Waals surface area contributed by atoms with Crippen molar-refractivity contribution in [3.8, 4) is 0 Å². The van der Waals surface area contributed by atoms with Crippen LogP contribution in [0.2, 0.25) is 0 Å². The van der Waals surface area contributed by atoms with E-state index in [9.17, 15) is 4.79 Å². The van der Waals surface area contributed by atoms with Gasteiger partial charge < -0.3 is 11.1 Å². The normalized spacial score (nSPS) is 10.1. The lowest BCUT2D eigenvalue weighted by atomic mass is 10.3. The van der Waals surface area contributed by atoms with Gasteiger partial charge in [0.15, 0.2) is 11.5 Å². The Morgan fingerprint density at radius 1 is 1.22 bits per heavy atom. The fourth-order valence-electron chi connectivity index (χ4n) is 1.44. The van der Waals surface area contributed by atoms with E-state index >= 15 is 0 Å². The third-order valence-corrected chi connectivity index (χ3v) is 2.27. The predicted molar refractivity (Wildman–Crippen MR) is 68.1 cm³/mol. The number of hydrogen-bond donors (Lipinski definition) is 2. The Morgan fingerprint density at radius 2 is 2.00 bits per heavy atom. The number of rotatable bonds is 2. The number of nitrogen functional groups attached to an aromatic ring is 1. The van der Waals surface area contributed by atoms with Gasteiger partial charge >= 0.3 is 0 Å². The molecule has 0 aromatic carbocycles. The van der Waals surface area contributed by atoms with Crippen molar-refractivity contribution in [3.63, 3.8) is 0 Å². The summed E-state index contributed by atoms with van der Waals surface area (Å²) in [7, 11) is 0. The van der Waals surface area contributed by atoms with E-state index in [2.05, 4.69) is 20.3 Å². The molecular formula is C12H13N5O. The standard InChI is InChI=1S/C12H13N5O/c1-7-4-3-5-9(15-7)17-12(18)10-11(13)14-6-8(2)16-10/h3-6H,1-2H3,(H2,13,14)(H,15,17,18). The molecule has 0 atom stereocenters. The molecule has 0 bridgehead atoms. The topological polar surface area (TPSA) is 93.8 Å². The second-order valence-electron chi connectivity index (χ2n) is 3.86. The second kappa shape index (κ2) is 4.79. The van der Waals surface area contributed by atoms with Crippen molar-refractivity contribution < 1.29 is 4.79 Å². The summed E-state index contributed by atoms with van der Waals surface area (Å²) in [5.74, 6) is 0.148. The van der Waals surface area contributed by atoms with Crippen molar-refractivity contribution in [2.75, 3.05) is 11.1 Å². The van der Waals surface area contributed by atoms with Gasteiger partial charge in [-0.3, -0.25) is 4.79 Å². The van der Waals surface area contributed by atoms with E-state index in [1.165, 1.54) is 6.20 Å². The molecule has 2 aromatic heterocycles. The summed E-state index contributed by atoms with van der Waals surface area (Å²) in [6, 6.07) is 5.35. The number of amides is 1. The van der Waals surface area contributed by atoms with Crippen LogP contribution in [0.15, 0.2) is 24.4 Å². The average Bonchev–Trinajstić information content (AvgIpc) is 2.32. The minimum atomic E-state index is -0.415. The molecule has 6 nitrogen and oxygen atoms in total. The summed E-state index contributed by atoms with van der Waals surface area (Å²) in [6.45, 7) is 3.59. The maximum absolute atomic E-state index is 12.0. The lowest BCUT2D eigenvalue weighted by Gasteiger charge is -2.06. The van der Waals surface area contributed by atoms with Crippen LogP contribution in [0.4, 0.5) is 11.6 Å². The highest BCUT2D eigenvalue weighted by molar-refractivity contribution is 6.05. The van der Waals surface area contributed by atoms with Crippen molar-refractivity contribution in [3.05, 3.63) is 41.5 Å². The smallest absolute Gasteiger partial charge is 0.279 e. The number of nitrogens with zero attached hydrogens (tertiary/aromatic N) is 3. The number of carbonyl (C=O) groups excluding carboxylic acids is 1. The van der Waals surface area contributed by atoms with Gasteiger partial charge in [-0.2, -0.15) is 0 Å². The maximum atomic E-state index is 12.0. The van der Waals surface area contributed by atoms with E-state index in [0.717, 1.165) is 5.69 Å². The van der Waals surface area contributed by atoms with Crippen molar-refractivity contribution in [1.29, 1.82) is 0 Å². The summed E-state index contributed by atoms with van der Waals surface area (Å²) >= 11 is 0. The average molecular weight is 243 g/mol. The summed E-state index contributed by atoms with van der Waals surface area (Å²) in [6.07, 6.45) is 1.51. The highest BCUT2D eigenvalue weighted by atomic mass is 16.2. The van der Waals surface area contributed by atoms with E-state index < -0.39 is 5.91 Å². The summed E-state index contributed by atoms with van der Waals surface area (Å²) < 4.78 is 0. The number of nitrogens with two attached hydrogens (primary N) is 1. The molecule has 6 heteroatoms. The highest BCUT2D eigenvalue weighted by Gasteiger charge is 2.13. The van der Waals surface area contributed by atoms with Crippen LogP contribution in [-0.4, -0.2) is 20.9 Å². The summed E-state index contributed by atoms with van der Waals surface area (Å²) in [4.78, 5) is 24.1. The molecule has 0 aliphatic rings. The van der Waals surface area contributed by atoms with Gasteiger partial charge in [-0.15, -0.1) is 0 Å². The first kappa shape index (κ1) is 12.0. The van der Waals surface area contributed by atoms with Gasteiger partial charge in [0.05, 0.1) is 11.9 Å². The third-order valence-electron chi connectivity index (χ3n) is 2.27. The fraction of sp³-hybridized carbons (Fsp3) is 0.167. The van der Waals surface area contributed by atoms with Gasteiger partial charge in [0.2, 0.25) is 0 Å². The molecule has 0 fully saturated rings. The van der Waals surface area contributed by atoms with Gasteiger partial charge in [0, 0.05) is 5.69 Å². The van der Waals surface area contributed by atoms with E-state index in [4.69, 9.17) is 5.73 Å². The van der Waals surface area contributed by atoms with E-state index in [1.54, 1.807) is 13.0 Å². The lowest BCUT2D eigenvalue weighted by Crippen LogP contribution is -2.18. The first-order valence-electron chi connectivity index (χ1n) is 5.40. The van der Waals surface area contributed by atoms with Gasteiger partial charge in [-0.1, -0.05) is 6.07 Å². The summed E-state index contributed by atoms with van der Waals surface area (Å²) in [5.41, 5.74) is 7.18. The molecule has 18 heavy (non-hydrogen) atoms. The zero-order chi connectivity index (χ0) is 13.1. The lowest BCUT2D eigenvalue weighted by molar-refractivity contribution is 0.102. The number of pyridine rings is 1. The number of aryl methyl sites for hydroxylation is 2. The first-order chi connectivity index (χ1) is 8.56. The molecule has 1 amide bonds. The largest absolute Gasteiger partial charge is 0.382 e. The molecule has 2 rings (SSSR count). The third kappa shape index (κ3) is 2.60. The Kier molecular flexibility index (Phi) is 3.18. The maximum Gasteiger partial charge on any atom is 0.279 e. The number of aromatic nitrogens is 3. The van der Waals surface area contributed by atoms with Gasteiger partial charge in [0.1, 0.15) is 5.82 Å². The van der Waals surface area contributed by atoms with Crippen molar-refractivity contribution >= 4 is 17.5 Å². The monoisotopic (exact) mass is 243 g/mol. The predicted octanol–water partition coefficient (Wildman–Crippen LogP) is 1.32. The Morgan fingerprint density at radius 3 is 2.72 bits per heavy atom. The minimum absolute atomic E-state index is 0.103. The zero-order valence-electron chi connectivity index (χ0n) is 10.1. The van der Waals surface area contributed by atoms with Crippen molar-refractivity contribution in [2.45, 2.75) is 13.8 Å². The van der Waals surface area contributed by atoms with Crippen LogP contribution in [0.1, 0.15) is 21.9 Å². The molecule has 2 heterocycles. The fourth-order valence-corrected chi connectivity index (χ4v) is 1.44. The quantitative estimate of drug-likeness (QED) is 0.829. The number of anilines is 2. The molecule has 0 spiro atoms. The van der Waals surface area contributed by atoms with Crippen LogP contribution in [-0.2, 0) is 0 Å².